The zero-order valence-electron chi connectivity index (χ0n) is 73.1. The number of alkyl halides is 7. The first-order valence-corrected chi connectivity index (χ1v) is 45.4. The van der Waals surface area contributed by atoms with Crippen LogP contribution in [0.1, 0.15) is 153 Å². The van der Waals surface area contributed by atoms with E-state index in [0.29, 0.717) is 85.9 Å². The number of phenols is 1. The van der Waals surface area contributed by atoms with E-state index in [-0.39, 0.29) is 95.5 Å². The highest BCUT2D eigenvalue weighted by molar-refractivity contribution is 9.10. The van der Waals surface area contributed by atoms with E-state index in [1.54, 1.807) is 54.6 Å². The molecule has 13 rings (SSSR count). The third-order valence-corrected chi connectivity index (χ3v) is 23.3. The summed E-state index contributed by atoms with van der Waals surface area (Å²) in [6, 6.07) is 50.5. The highest BCUT2D eigenvalue weighted by atomic mass is 79.9. The van der Waals surface area contributed by atoms with Gasteiger partial charge in [0, 0.05) is 77.2 Å². The number of hydrogen-bond acceptors (Lipinski definition) is 18. The predicted molar refractivity (Wildman–Crippen MR) is 487 cm³/mol. The molecule has 0 radical (unpaired) electrons. The average molecular weight is 2050 g/mol. The number of Topliss-reactive ketones (excluding diaryl/α,β-unsaturated/α-hetero) is 3. The minimum Gasteiger partial charge on any atom is -0.505 e. The summed E-state index contributed by atoms with van der Waals surface area (Å²) in [5.41, 5.74) is -4.84. The Bertz CT molecular complexity index is 5730. The Morgan fingerprint density at radius 3 is 1.23 bits per heavy atom. The number of carboxylic acid groups (broad SMARTS) is 1. The Morgan fingerprint density at radius 2 is 0.828 bits per heavy atom. The van der Waals surface area contributed by atoms with E-state index in [2.05, 4.69) is 61.8 Å². The molecule has 3 aliphatic carbocycles. The summed E-state index contributed by atoms with van der Waals surface area (Å²) in [4.78, 5) is 44.7. The van der Waals surface area contributed by atoms with Gasteiger partial charge in [-0.05, 0) is 219 Å². The summed E-state index contributed by atoms with van der Waals surface area (Å²) in [6.45, 7) is 0.671. The van der Waals surface area contributed by atoms with Crippen molar-refractivity contribution in [1.29, 1.82) is 0 Å². The monoisotopic (exact) mass is 2050 g/mol. The number of nitrogens with zero attached hydrogens (tertiary/aromatic N) is 1. The van der Waals surface area contributed by atoms with Crippen molar-refractivity contribution < 1.29 is 147 Å². The standard InChI is InChI=1S/C17H15FO2.C11H13FO3.C11H11FO2.C11H15FO2.C11H11FO2.C10H9FO2.C8H5F6NO4S2.C7H6BrFO.C7H7Br.C4H6O/c18-15-10-14-13(7-4-8-16(14)19)9-17(15)20-11-12-5-2-1-3-6-12;1-15-10-7-8(5-6-9(10)12)3-2-4-11(13)14;1-14-11-5-7-3-2-4-10(13)8(7)6-9(11)12;2*1-14-11-8-9(4-2-3-7-13)5-6-10(11)12;11-8-5-7-6(4-10(8)13)2-1-3-9(7)12;9-7(10,11)20(16,17)15(6-4-2-1-3-5-6)21(18,19)8(12,13)14;1-10-7-4-5(8)2-3-6(7)9;8-6-7-4-2-1-3-5-7;1-2-3-4-5/h1-3,5-6,9-10H,4,7-8,11H2;5-7H,2-4H2,1H3,(H,13,14);5-6H,2-4H2,1H3;5-6,8,13H,2-4,7H2,1H3;5-6,8,13H,3,7H2,1H3;4-5,13H,1-3H2;1-5H;2-4H,1H3;1-5H,6H2;1,5H,3-4H2. The smallest absolute Gasteiger partial charge is 0.505 e. The first kappa shape index (κ1) is 114. The third kappa shape index (κ3) is 38.2. The lowest BCUT2D eigenvalue weighted by Gasteiger charge is -2.25. The number of aliphatic hydroxyl groups excluding tert-OH is 3. The summed E-state index contributed by atoms with van der Waals surface area (Å²) in [5, 5.41) is 43.5. The maximum absolute atomic E-state index is 14.0. The third-order valence-electron chi connectivity index (χ3n) is 18.5. The Labute approximate surface area is 785 Å². The molecule has 0 bridgehead atoms. The number of ketones is 3. The van der Waals surface area contributed by atoms with Gasteiger partial charge in [-0.1, -0.05) is 135 Å². The second-order valence-corrected chi connectivity index (χ2v) is 33.4. The number of aliphatic carboxylic acids is 1. The number of aromatic hydroxyl groups is 1. The largest absolute Gasteiger partial charge is 0.517 e. The lowest BCUT2D eigenvalue weighted by Crippen LogP contribution is -2.49. The van der Waals surface area contributed by atoms with Gasteiger partial charge >= 0.3 is 37.0 Å². The molecule has 0 aliphatic heterocycles. The van der Waals surface area contributed by atoms with Gasteiger partial charge in [-0.2, -0.15) is 43.2 Å². The van der Waals surface area contributed by atoms with Crippen molar-refractivity contribution in [2.45, 2.75) is 132 Å². The number of ether oxygens (including phenoxy) is 6. The van der Waals surface area contributed by atoms with E-state index < -0.39 is 75.5 Å². The van der Waals surface area contributed by atoms with E-state index in [1.165, 1.54) is 89.6 Å². The molecule has 0 saturated heterocycles. The maximum Gasteiger partial charge on any atom is 0.517 e. The molecule has 0 unspecified atom stereocenters. The number of carboxylic acids is 1. The predicted octanol–water partition coefficient (Wildman–Crippen LogP) is 21.7. The Balaban J connectivity index is 0.000000316. The molecule has 3 aliphatic rings. The maximum atomic E-state index is 14.0. The number of rotatable bonds is 22. The number of halogens is 15. The number of unbranched alkanes of at least 4 members (excludes halogenated alkanes) is 1. The number of sulfonamides is 2. The number of hydrogen-bond donors (Lipinski definition) is 5. The van der Waals surface area contributed by atoms with Crippen LogP contribution >= 0.6 is 31.9 Å². The molecule has 722 valence electrons. The van der Waals surface area contributed by atoms with Crippen LogP contribution in [0, 0.1) is 64.9 Å². The molecule has 134 heavy (non-hydrogen) atoms. The molecular weight excluding hydrogens is 1950 g/mol. The quantitative estimate of drug-likeness (QED) is 0.0182. The van der Waals surface area contributed by atoms with Crippen molar-refractivity contribution in [2.24, 2.45) is 0 Å². The number of methoxy groups -OCH3 is 5. The molecule has 0 spiro atoms. The summed E-state index contributed by atoms with van der Waals surface area (Å²) >= 11 is 6.55. The fourth-order valence-electron chi connectivity index (χ4n) is 11.9. The van der Waals surface area contributed by atoms with Gasteiger partial charge in [0.2, 0.25) is 0 Å². The molecule has 0 aromatic heterocycles. The van der Waals surface area contributed by atoms with Crippen LogP contribution < -0.4 is 32.1 Å². The van der Waals surface area contributed by atoms with E-state index in [1.807, 2.05) is 48.5 Å². The van der Waals surface area contributed by atoms with Crippen molar-refractivity contribution in [3.63, 3.8) is 0 Å². The summed E-state index contributed by atoms with van der Waals surface area (Å²) in [5.74, 6) is 4.90. The fraction of sp³-hybridized carbons (Fsp3) is 0.299. The van der Waals surface area contributed by atoms with Crippen molar-refractivity contribution in [3.05, 3.63) is 307 Å². The lowest BCUT2D eigenvalue weighted by molar-refractivity contribution is -0.137. The van der Waals surface area contributed by atoms with Gasteiger partial charge < -0.3 is 54.0 Å². The molecule has 20 nitrogen and oxygen atoms in total. The van der Waals surface area contributed by atoms with Crippen LogP contribution in [-0.2, 0) is 68.9 Å². The van der Waals surface area contributed by atoms with Crippen molar-refractivity contribution in [3.8, 4) is 64.4 Å². The van der Waals surface area contributed by atoms with Crippen LogP contribution in [0.25, 0.3) is 0 Å². The van der Waals surface area contributed by atoms with Crippen LogP contribution in [0.3, 0.4) is 0 Å². The number of aliphatic hydroxyl groups is 3. The molecule has 0 saturated carbocycles. The molecule has 5 N–H and O–H groups in total. The second kappa shape index (κ2) is 58.9. The van der Waals surface area contributed by atoms with Gasteiger partial charge in [-0.15, -0.1) is 16.1 Å². The Kier molecular flexibility index (Phi) is 50.3. The number of carbonyl (C=O) groups excluding carboxylic acids is 3. The number of para-hydroxylation sites is 1. The van der Waals surface area contributed by atoms with E-state index in [0.717, 1.165) is 125 Å². The number of anilines is 1. The topological polar surface area (TPSA) is 296 Å². The zero-order valence-corrected chi connectivity index (χ0v) is 77.9. The van der Waals surface area contributed by atoms with Gasteiger partial charge in [0.1, 0.15) is 6.61 Å². The molecule has 0 heterocycles. The highest BCUT2D eigenvalue weighted by Crippen LogP contribution is 2.40. The van der Waals surface area contributed by atoms with Crippen LogP contribution in [0.5, 0.6) is 40.2 Å². The Morgan fingerprint density at radius 1 is 0.440 bits per heavy atom. The lowest BCUT2D eigenvalue weighted by atomic mass is 9.90. The fourth-order valence-corrected chi connectivity index (χ4v) is 15.3. The molecule has 0 amide bonds. The van der Waals surface area contributed by atoms with Gasteiger partial charge in [0.05, 0.1) is 54.5 Å². The van der Waals surface area contributed by atoms with Crippen LogP contribution in [0.15, 0.2) is 205 Å². The van der Waals surface area contributed by atoms with E-state index in [4.69, 9.17) is 60.4 Å². The first-order valence-electron chi connectivity index (χ1n) is 40.6. The van der Waals surface area contributed by atoms with Crippen LogP contribution in [0.4, 0.5) is 62.8 Å². The summed E-state index contributed by atoms with van der Waals surface area (Å²) in [6.07, 6.45) is 15.8. The summed E-state index contributed by atoms with van der Waals surface area (Å²) in [7, 11) is -6.49. The molecule has 37 heteroatoms. The number of aryl methyl sites for hydroxylation is 5. The first-order chi connectivity index (χ1) is 63.6. The van der Waals surface area contributed by atoms with Crippen molar-refractivity contribution in [1.82, 2.24) is 0 Å². The van der Waals surface area contributed by atoms with E-state index in [9.17, 15) is 93.1 Å². The van der Waals surface area contributed by atoms with E-state index >= 15 is 0 Å². The second-order valence-electron chi connectivity index (χ2n) is 28.1. The minimum absolute atomic E-state index is 0.0276. The molecule has 0 fully saturated rings. The number of fused-ring (bicyclic) bond motifs is 3. The molecule has 10 aromatic rings. The van der Waals surface area contributed by atoms with Gasteiger partial charge in [-0.25, -0.2) is 30.7 Å². The molecule has 0 atom stereocenters. The highest BCUT2D eigenvalue weighted by Gasteiger charge is 2.61. The van der Waals surface area contributed by atoms with Gasteiger partial charge in [0.25, 0.3) is 0 Å². The zero-order chi connectivity index (χ0) is 99.7. The number of benzene rings is 10. The average Bonchev–Trinajstić information content (AvgIpc) is 0.738. The van der Waals surface area contributed by atoms with Gasteiger partial charge in [-0.3, -0.25) is 19.2 Å². The normalized spacial score (nSPS) is 12.0. The van der Waals surface area contributed by atoms with Crippen molar-refractivity contribution in [2.75, 3.05) is 59.1 Å². The number of phenolic OH excluding ortho intramolecular Hbond substituents is 1. The van der Waals surface area contributed by atoms with Crippen LogP contribution in [-0.4, -0.2) is 132 Å². The summed E-state index contributed by atoms with van der Waals surface area (Å²) < 4.78 is 240. The van der Waals surface area contributed by atoms with Gasteiger partial charge in [0.15, 0.2) is 98.3 Å². The minimum atomic E-state index is -6.81. The SMILES string of the molecule is BrCc1ccccc1.C#CCCO.COc1cc(Br)ccc1F.COc1cc(C#CCCO)ccc1F.COc1cc(CCCC(=O)O)ccc1F.COc1cc(CCCCO)ccc1F.COc1cc2c(cc1F)C(=O)CCC2.O=C1CCCc2cc(O)c(F)cc21.O=C1CCCc2cc(OCc3ccccc3)c(F)cc21.O=S(=O)(N(c1ccccc1)S(=O)(=O)C(F)(F)F)C(F)(F)F. The molecule has 10 aromatic carbocycles. The number of terminal acetylenes is 1. The molecular formula is C97H98Br2F13NO19S2. The number of carbonyl (C=O) groups is 4. The van der Waals surface area contributed by atoms with Crippen LogP contribution in [0.2, 0.25) is 0 Å². The Hall–Kier alpha value is -12.0. The van der Waals surface area contributed by atoms with Crippen molar-refractivity contribution >= 4 is 80.9 Å².